The number of rotatable bonds is 4. The van der Waals surface area contributed by atoms with Crippen molar-refractivity contribution in [1.29, 1.82) is 0 Å². The molecule has 1 atom stereocenters. The first-order valence-electron chi connectivity index (χ1n) is 6.93. The highest BCUT2D eigenvalue weighted by molar-refractivity contribution is 7.96. The summed E-state index contributed by atoms with van der Waals surface area (Å²) in [6, 6.07) is 24.4. The molecule has 0 bridgehead atoms. The van der Waals surface area contributed by atoms with Gasteiger partial charge in [0.2, 0.25) is 5.78 Å². The Hall–Kier alpha value is -2.06. The summed E-state index contributed by atoms with van der Waals surface area (Å²) in [5, 5.41) is 2.48. The molecule has 0 saturated heterocycles. The first kappa shape index (κ1) is 13.9. The fraction of sp³-hybridized carbons (Fsp3) is 0.105. The molecular weight excluding hydrogens is 276 g/mol. The van der Waals surface area contributed by atoms with Gasteiger partial charge in [0.1, 0.15) is 6.26 Å². The maximum absolute atomic E-state index is 12.3. The van der Waals surface area contributed by atoms with Gasteiger partial charge in [0.15, 0.2) is 10.6 Å². The van der Waals surface area contributed by atoms with Gasteiger partial charge in [0, 0.05) is 22.5 Å². The van der Waals surface area contributed by atoms with Gasteiger partial charge in [-0.3, -0.25) is 4.79 Å². The molecule has 0 fully saturated rings. The zero-order chi connectivity index (χ0) is 14.7. The number of Topliss-reactive ketones (excluding diaryl/α,β-unsaturated/α-hetero) is 1. The molecule has 3 aromatic carbocycles. The van der Waals surface area contributed by atoms with Crippen LogP contribution in [0.3, 0.4) is 0 Å². The summed E-state index contributed by atoms with van der Waals surface area (Å²) in [7, 11) is -0.0696. The molecule has 0 heterocycles. The van der Waals surface area contributed by atoms with E-state index in [0.717, 1.165) is 5.56 Å². The lowest BCUT2D eigenvalue weighted by Gasteiger charge is -2.04. The van der Waals surface area contributed by atoms with Crippen molar-refractivity contribution in [2.24, 2.45) is 0 Å². The van der Waals surface area contributed by atoms with Crippen LogP contribution >= 0.6 is 0 Å². The minimum absolute atomic E-state index is 0.0696. The predicted octanol–water partition coefficient (Wildman–Crippen LogP) is 4.33. The molecule has 0 N–H and O–H groups in total. The Bertz CT molecular complexity index is 765. The second kappa shape index (κ2) is 6.15. The Morgan fingerprint density at radius 1 is 0.857 bits per heavy atom. The number of hydrogen-bond donors (Lipinski definition) is 0. The Morgan fingerprint density at radius 3 is 2.29 bits per heavy atom. The molecule has 3 rings (SSSR count). The second-order valence-corrected chi connectivity index (χ2v) is 7.11. The van der Waals surface area contributed by atoms with Gasteiger partial charge in [0.05, 0.1) is 0 Å². The normalized spacial score (nSPS) is 12.2. The van der Waals surface area contributed by atoms with Crippen LogP contribution in [0.4, 0.5) is 0 Å². The van der Waals surface area contributed by atoms with Crippen LogP contribution in [-0.4, -0.2) is 17.8 Å². The standard InChI is InChI=1S/C19H17OS/c1-21(14-19(20)16-8-3-2-4-9-16)18-12-11-15-7-5-6-10-17(15)13-18/h2-13H,14H2,1H3/q+1. The first-order valence-corrected chi connectivity index (χ1v) is 8.74. The van der Waals surface area contributed by atoms with E-state index in [2.05, 4.69) is 42.7 Å². The number of hydrogen-bond acceptors (Lipinski definition) is 1. The van der Waals surface area contributed by atoms with Gasteiger partial charge in [-0.1, -0.05) is 54.6 Å². The lowest BCUT2D eigenvalue weighted by Crippen LogP contribution is -2.15. The van der Waals surface area contributed by atoms with Crippen molar-refractivity contribution in [3.8, 4) is 0 Å². The third-order valence-electron chi connectivity index (χ3n) is 3.57. The molecular formula is C19H17OS+. The van der Waals surface area contributed by atoms with E-state index >= 15 is 0 Å². The molecule has 0 amide bonds. The zero-order valence-electron chi connectivity index (χ0n) is 12.0. The molecule has 0 aromatic heterocycles. The van der Waals surface area contributed by atoms with Crippen molar-refractivity contribution in [2.45, 2.75) is 4.90 Å². The molecule has 2 heteroatoms. The zero-order valence-corrected chi connectivity index (χ0v) is 12.8. The summed E-state index contributed by atoms with van der Waals surface area (Å²) in [4.78, 5) is 13.5. The highest BCUT2D eigenvalue weighted by Gasteiger charge is 2.21. The molecule has 0 aliphatic carbocycles. The maximum atomic E-state index is 12.3. The maximum Gasteiger partial charge on any atom is 0.212 e. The van der Waals surface area contributed by atoms with Crippen molar-refractivity contribution in [2.75, 3.05) is 12.0 Å². The number of fused-ring (bicyclic) bond motifs is 1. The summed E-state index contributed by atoms with van der Waals surface area (Å²) in [6.07, 6.45) is 2.14. The fourth-order valence-corrected chi connectivity index (χ4v) is 3.73. The average molecular weight is 293 g/mol. The monoisotopic (exact) mass is 293 g/mol. The van der Waals surface area contributed by atoms with Crippen LogP contribution in [0.15, 0.2) is 77.7 Å². The quantitative estimate of drug-likeness (QED) is 0.517. The van der Waals surface area contributed by atoms with E-state index in [-0.39, 0.29) is 16.7 Å². The number of benzene rings is 3. The minimum atomic E-state index is -0.0696. The van der Waals surface area contributed by atoms with Crippen LogP contribution in [0.5, 0.6) is 0 Å². The van der Waals surface area contributed by atoms with Crippen LogP contribution in [0.25, 0.3) is 10.8 Å². The highest BCUT2D eigenvalue weighted by atomic mass is 32.2. The van der Waals surface area contributed by atoms with Gasteiger partial charge in [-0.2, -0.15) is 0 Å². The molecule has 0 aliphatic heterocycles. The molecule has 0 spiro atoms. The number of carbonyl (C=O) groups excluding carboxylic acids is 1. The third-order valence-corrected chi connectivity index (χ3v) is 5.32. The van der Waals surface area contributed by atoms with Gasteiger partial charge < -0.3 is 0 Å². The molecule has 0 saturated carbocycles. The summed E-state index contributed by atoms with van der Waals surface area (Å²) in [5.74, 6) is 0.789. The van der Waals surface area contributed by atoms with E-state index in [1.54, 1.807) is 0 Å². The molecule has 3 aromatic rings. The second-order valence-electron chi connectivity index (χ2n) is 5.08. The molecule has 21 heavy (non-hydrogen) atoms. The van der Waals surface area contributed by atoms with Crippen molar-refractivity contribution in [3.63, 3.8) is 0 Å². The van der Waals surface area contributed by atoms with Crippen molar-refractivity contribution in [3.05, 3.63) is 78.4 Å². The van der Waals surface area contributed by atoms with Crippen LogP contribution in [0.2, 0.25) is 0 Å². The van der Waals surface area contributed by atoms with Crippen LogP contribution in [0, 0.1) is 0 Å². The SMILES string of the molecule is C[S+](CC(=O)c1ccccc1)c1ccc2ccccc2c1. The Labute approximate surface area is 128 Å². The van der Waals surface area contributed by atoms with Crippen LogP contribution in [0.1, 0.15) is 10.4 Å². The summed E-state index contributed by atoms with van der Waals surface area (Å²) in [5.41, 5.74) is 0.803. The summed E-state index contributed by atoms with van der Waals surface area (Å²) < 4.78 is 0. The summed E-state index contributed by atoms with van der Waals surface area (Å²) in [6.45, 7) is 0. The predicted molar refractivity (Wildman–Crippen MR) is 91.1 cm³/mol. The van der Waals surface area contributed by atoms with Crippen molar-refractivity contribution >= 4 is 27.5 Å². The largest absolute Gasteiger partial charge is 0.289 e. The Balaban J connectivity index is 1.80. The van der Waals surface area contributed by atoms with Gasteiger partial charge >= 0.3 is 0 Å². The molecule has 0 aliphatic rings. The average Bonchev–Trinajstić information content (AvgIpc) is 2.55. The van der Waals surface area contributed by atoms with Gasteiger partial charge in [0.25, 0.3) is 0 Å². The molecule has 1 nitrogen and oxygen atoms in total. The van der Waals surface area contributed by atoms with E-state index in [1.807, 2.05) is 36.4 Å². The van der Waals surface area contributed by atoms with Crippen molar-refractivity contribution in [1.82, 2.24) is 0 Å². The van der Waals surface area contributed by atoms with E-state index < -0.39 is 0 Å². The Kier molecular flexibility index (Phi) is 4.07. The lowest BCUT2D eigenvalue weighted by molar-refractivity contribution is 0.102. The van der Waals surface area contributed by atoms with Crippen LogP contribution < -0.4 is 0 Å². The highest BCUT2D eigenvalue weighted by Crippen LogP contribution is 2.20. The lowest BCUT2D eigenvalue weighted by atomic mass is 10.1. The van der Waals surface area contributed by atoms with E-state index in [0.29, 0.717) is 5.75 Å². The third kappa shape index (κ3) is 3.17. The van der Waals surface area contributed by atoms with Crippen LogP contribution in [-0.2, 0) is 10.9 Å². The number of carbonyl (C=O) groups is 1. The Morgan fingerprint density at radius 2 is 1.52 bits per heavy atom. The topological polar surface area (TPSA) is 17.1 Å². The van der Waals surface area contributed by atoms with Gasteiger partial charge in [-0.25, -0.2) is 0 Å². The van der Waals surface area contributed by atoms with Gasteiger partial charge in [-0.15, -0.1) is 0 Å². The van der Waals surface area contributed by atoms with E-state index in [4.69, 9.17) is 0 Å². The van der Waals surface area contributed by atoms with Crippen molar-refractivity contribution < 1.29 is 4.79 Å². The van der Waals surface area contributed by atoms with Gasteiger partial charge in [-0.05, 0) is 22.9 Å². The van der Waals surface area contributed by atoms with E-state index in [9.17, 15) is 4.79 Å². The fourth-order valence-electron chi connectivity index (χ4n) is 2.37. The minimum Gasteiger partial charge on any atom is -0.289 e. The number of ketones is 1. The molecule has 1 unspecified atom stereocenters. The molecule has 0 radical (unpaired) electrons. The first-order chi connectivity index (χ1) is 10.2. The smallest absolute Gasteiger partial charge is 0.212 e. The summed E-state index contributed by atoms with van der Waals surface area (Å²) >= 11 is 0. The molecule has 104 valence electrons. The van der Waals surface area contributed by atoms with E-state index in [1.165, 1.54) is 15.7 Å².